The minimum atomic E-state index is -1.11. The van der Waals surface area contributed by atoms with Crippen LogP contribution in [0.3, 0.4) is 0 Å². The molecule has 0 aliphatic rings. The van der Waals surface area contributed by atoms with Crippen LogP contribution in [-0.4, -0.2) is 22.0 Å². The van der Waals surface area contributed by atoms with Crippen molar-refractivity contribution in [2.75, 3.05) is 5.32 Å². The highest BCUT2D eigenvalue weighted by Gasteiger charge is 2.19. The van der Waals surface area contributed by atoms with Crippen LogP contribution in [0.4, 0.5) is 5.69 Å². The smallest absolute Gasteiger partial charge is 0.354 e. The highest BCUT2D eigenvalue weighted by Crippen LogP contribution is 2.24. The van der Waals surface area contributed by atoms with Gasteiger partial charge in [-0.05, 0) is 17.5 Å². The van der Waals surface area contributed by atoms with Crippen molar-refractivity contribution in [2.45, 2.75) is 33.6 Å². The van der Waals surface area contributed by atoms with Crippen molar-refractivity contribution >= 4 is 17.6 Å². The minimum Gasteiger partial charge on any atom is -0.477 e. The summed E-state index contributed by atoms with van der Waals surface area (Å²) in [6, 6.07) is 2.92. The summed E-state index contributed by atoms with van der Waals surface area (Å²) in [4.78, 5) is 26.2. The number of hydrogen-bond acceptors (Lipinski definition) is 3. The van der Waals surface area contributed by atoms with E-state index < -0.39 is 5.97 Å². The number of aromatic nitrogens is 1. The van der Waals surface area contributed by atoms with Crippen LogP contribution in [0.15, 0.2) is 18.3 Å². The molecule has 1 aromatic rings. The Bertz CT molecular complexity index is 455. The van der Waals surface area contributed by atoms with Gasteiger partial charge in [-0.1, -0.05) is 27.2 Å². The molecule has 0 aliphatic heterocycles. The van der Waals surface area contributed by atoms with Crippen molar-refractivity contribution in [3.63, 3.8) is 0 Å². The van der Waals surface area contributed by atoms with Crippen LogP contribution in [-0.2, 0) is 4.79 Å². The normalized spacial score (nSPS) is 11.1. The van der Waals surface area contributed by atoms with Crippen LogP contribution in [0.2, 0.25) is 0 Å². The zero-order valence-electron chi connectivity index (χ0n) is 10.9. The van der Waals surface area contributed by atoms with E-state index in [-0.39, 0.29) is 17.0 Å². The summed E-state index contributed by atoms with van der Waals surface area (Å²) in [6.07, 6.45) is 2.66. The third-order valence-electron chi connectivity index (χ3n) is 2.86. The molecule has 0 aliphatic carbocycles. The Hall–Kier alpha value is -1.91. The first-order valence-corrected chi connectivity index (χ1v) is 5.83. The standard InChI is InChI=1S/C13H18N2O3/c1-4-13(2,3)8-11(16)15-9-5-6-14-10(7-9)12(17)18/h5-7H,4,8H2,1-3H3,(H,17,18)(H,14,15,16). The molecule has 0 fully saturated rings. The van der Waals surface area contributed by atoms with Crippen molar-refractivity contribution in [3.05, 3.63) is 24.0 Å². The number of carbonyl (C=O) groups is 2. The van der Waals surface area contributed by atoms with E-state index >= 15 is 0 Å². The number of carboxylic acids is 1. The van der Waals surface area contributed by atoms with Crippen LogP contribution in [0.25, 0.3) is 0 Å². The number of anilines is 1. The summed E-state index contributed by atoms with van der Waals surface area (Å²) in [6.45, 7) is 6.06. The third kappa shape index (κ3) is 4.16. The topological polar surface area (TPSA) is 79.3 Å². The maximum Gasteiger partial charge on any atom is 0.354 e. The fourth-order valence-corrected chi connectivity index (χ4v) is 1.39. The summed E-state index contributed by atoms with van der Waals surface area (Å²) in [5.41, 5.74) is 0.314. The number of nitrogens with zero attached hydrogens (tertiary/aromatic N) is 1. The molecule has 5 nitrogen and oxygen atoms in total. The molecule has 18 heavy (non-hydrogen) atoms. The van der Waals surface area contributed by atoms with E-state index in [1.807, 2.05) is 20.8 Å². The van der Waals surface area contributed by atoms with Gasteiger partial charge >= 0.3 is 5.97 Å². The molecule has 0 atom stereocenters. The molecule has 2 N–H and O–H groups in total. The van der Waals surface area contributed by atoms with Crippen molar-refractivity contribution in [3.8, 4) is 0 Å². The Labute approximate surface area is 106 Å². The van der Waals surface area contributed by atoms with Crippen molar-refractivity contribution in [1.82, 2.24) is 4.98 Å². The lowest BCUT2D eigenvalue weighted by Crippen LogP contribution is -2.21. The predicted octanol–water partition coefficient (Wildman–Crippen LogP) is 2.54. The molecule has 1 aromatic heterocycles. The first kappa shape index (κ1) is 14.2. The lowest BCUT2D eigenvalue weighted by atomic mass is 9.86. The molecule has 98 valence electrons. The second-order valence-corrected chi connectivity index (χ2v) is 4.98. The van der Waals surface area contributed by atoms with Crippen molar-refractivity contribution in [1.29, 1.82) is 0 Å². The number of carboxylic acid groups (broad SMARTS) is 1. The van der Waals surface area contributed by atoms with Gasteiger partial charge in [0.25, 0.3) is 0 Å². The molecular weight excluding hydrogens is 232 g/mol. The average Bonchev–Trinajstić information content (AvgIpc) is 2.28. The molecule has 0 radical (unpaired) electrons. The molecule has 1 heterocycles. The molecule has 0 saturated heterocycles. The maximum absolute atomic E-state index is 11.8. The number of aromatic carboxylic acids is 1. The number of carbonyl (C=O) groups excluding carboxylic acids is 1. The molecule has 0 spiro atoms. The maximum atomic E-state index is 11.8. The second kappa shape index (κ2) is 5.62. The van der Waals surface area contributed by atoms with Crippen LogP contribution in [0.5, 0.6) is 0 Å². The van der Waals surface area contributed by atoms with Gasteiger partial charge in [0.15, 0.2) is 0 Å². The SMILES string of the molecule is CCC(C)(C)CC(=O)Nc1ccnc(C(=O)O)c1. The Kier molecular flexibility index (Phi) is 4.42. The van der Waals surface area contributed by atoms with Gasteiger partial charge in [-0.2, -0.15) is 0 Å². The fraction of sp³-hybridized carbons (Fsp3) is 0.462. The van der Waals surface area contributed by atoms with Gasteiger partial charge in [-0.15, -0.1) is 0 Å². The number of pyridine rings is 1. The van der Waals surface area contributed by atoms with Gasteiger partial charge in [-0.3, -0.25) is 4.79 Å². The predicted molar refractivity (Wildman–Crippen MR) is 68.5 cm³/mol. The Morgan fingerprint density at radius 1 is 1.44 bits per heavy atom. The van der Waals surface area contributed by atoms with Gasteiger partial charge in [0.05, 0.1) is 0 Å². The zero-order valence-corrected chi connectivity index (χ0v) is 10.9. The van der Waals surface area contributed by atoms with Crippen LogP contribution >= 0.6 is 0 Å². The molecule has 0 aromatic carbocycles. The monoisotopic (exact) mass is 250 g/mol. The molecule has 1 amide bonds. The number of nitrogens with one attached hydrogen (secondary N) is 1. The van der Waals surface area contributed by atoms with Crippen LogP contribution < -0.4 is 5.32 Å². The highest BCUT2D eigenvalue weighted by molar-refractivity contribution is 5.93. The fourth-order valence-electron chi connectivity index (χ4n) is 1.39. The largest absolute Gasteiger partial charge is 0.477 e. The number of rotatable bonds is 5. The minimum absolute atomic E-state index is 0.0628. The van der Waals surface area contributed by atoms with E-state index in [4.69, 9.17) is 5.11 Å². The van der Waals surface area contributed by atoms with Crippen molar-refractivity contribution in [2.24, 2.45) is 5.41 Å². The van der Waals surface area contributed by atoms with Crippen LogP contribution in [0, 0.1) is 5.41 Å². The highest BCUT2D eigenvalue weighted by atomic mass is 16.4. The zero-order chi connectivity index (χ0) is 13.8. The summed E-state index contributed by atoms with van der Waals surface area (Å²) in [5, 5.41) is 11.5. The van der Waals surface area contributed by atoms with Crippen molar-refractivity contribution < 1.29 is 14.7 Å². The lowest BCUT2D eigenvalue weighted by molar-refractivity contribution is -0.118. The summed E-state index contributed by atoms with van der Waals surface area (Å²) < 4.78 is 0. The summed E-state index contributed by atoms with van der Waals surface area (Å²) in [7, 11) is 0. The van der Waals surface area contributed by atoms with E-state index in [0.717, 1.165) is 6.42 Å². The van der Waals surface area contributed by atoms with E-state index in [1.165, 1.54) is 12.3 Å². The summed E-state index contributed by atoms with van der Waals surface area (Å²) >= 11 is 0. The van der Waals surface area contributed by atoms with Gasteiger partial charge in [0.2, 0.25) is 5.91 Å². The molecule has 0 bridgehead atoms. The average molecular weight is 250 g/mol. The molecule has 0 saturated carbocycles. The Balaban J connectivity index is 2.70. The summed E-state index contributed by atoms with van der Waals surface area (Å²) in [5.74, 6) is -1.23. The van der Waals surface area contributed by atoms with Gasteiger partial charge in [0, 0.05) is 18.3 Å². The van der Waals surface area contributed by atoms with E-state index in [2.05, 4.69) is 10.3 Å². The van der Waals surface area contributed by atoms with Crippen LogP contribution in [0.1, 0.15) is 44.1 Å². The number of amides is 1. The van der Waals surface area contributed by atoms with E-state index in [1.54, 1.807) is 6.07 Å². The quantitative estimate of drug-likeness (QED) is 0.841. The molecule has 1 rings (SSSR count). The second-order valence-electron chi connectivity index (χ2n) is 4.98. The number of hydrogen-bond donors (Lipinski definition) is 2. The first-order chi connectivity index (χ1) is 8.34. The van der Waals surface area contributed by atoms with Gasteiger partial charge in [-0.25, -0.2) is 9.78 Å². The molecule has 0 unspecified atom stereocenters. The van der Waals surface area contributed by atoms with Gasteiger partial charge < -0.3 is 10.4 Å². The van der Waals surface area contributed by atoms with E-state index in [9.17, 15) is 9.59 Å². The lowest BCUT2D eigenvalue weighted by Gasteiger charge is -2.21. The molecule has 5 heteroatoms. The van der Waals surface area contributed by atoms with Gasteiger partial charge in [0.1, 0.15) is 5.69 Å². The molecular formula is C13H18N2O3. The Morgan fingerprint density at radius 2 is 2.11 bits per heavy atom. The Morgan fingerprint density at radius 3 is 2.67 bits per heavy atom. The van der Waals surface area contributed by atoms with E-state index in [0.29, 0.717) is 12.1 Å². The third-order valence-corrected chi connectivity index (χ3v) is 2.86. The first-order valence-electron chi connectivity index (χ1n) is 5.83.